The minimum atomic E-state index is -3.66. The van der Waals surface area contributed by atoms with E-state index in [-0.39, 0.29) is 17.3 Å². The lowest BCUT2D eigenvalue weighted by molar-refractivity contribution is -0.132. The van der Waals surface area contributed by atoms with Crippen molar-refractivity contribution in [1.29, 1.82) is 0 Å². The van der Waals surface area contributed by atoms with Crippen molar-refractivity contribution in [3.8, 4) is 0 Å². The van der Waals surface area contributed by atoms with Crippen molar-refractivity contribution in [2.45, 2.75) is 4.90 Å². The minimum absolute atomic E-state index is 0.126. The Hall–Kier alpha value is -0.630. The van der Waals surface area contributed by atoms with Crippen LogP contribution in [0.2, 0.25) is 5.02 Å². The summed E-state index contributed by atoms with van der Waals surface area (Å²) in [6.45, 7) is 0.566. The highest BCUT2D eigenvalue weighted by molar-refractivity contribution is 9.10. The third-order valence-electron chi connectivity index (χ3n) is 2.95. The van der Waals surface area contributed by atoms with E-state index in [1.807, 2.05) is 0 Å². The molecule has 0 bridgehead atoms. The van der Waals surface area contributed by atoms with Crippen LogP contribution in [0, 0.1) is 0 Å². The van der Waals surface area contributed by atoms with Crippen molar-refractivity contribution in [3.05, 3.63) is 27.7 Å². The molecule has 2 rings (SSSR count). The second-order valence-corrected chi connectivity index (χ2v) is 7.43. The lowest BCUT2D eigenvalue weighted by Crippen LogP contribution is -2.50. The zero-order chi connectivity index (χ0) is 14.2. The largest absolute Gasteiger partial charge is 0.343 e. The fourth-order valence-electron chi connectivity index (χ4n) is 1.73. The molecule has 0 saturated carbocycles. The topological polar surface area (TPSA) is 57.7 Å². The summed E-state index contributed by atoms with van der Waals surface area (Å²) in [7, 11) is -2.00. The van der Waals surface area contributed by atoms with Gasteiger partial charge >= 0.3 is 0 Å². The highest BCUT2D eigenvalue weighted by Crippen LogP contribution is 2.27. The molecular formula is C11H12BrClN2O3S. The monoisotopic (exact) mass is 366 g/mol. The van der Waals surface area contributed by atoms with Gasteiger partial charge in [-0.3, -0.25) is 4.79 Å². The zero-order valence-corrected chi connectivity index (χ0v) is 13.3. The molecule has 1 aromatic rings. The van der Waals surface area contributed by atoms with Crippen molar-refractivity contribution in [3.63, 3.8) is 0 Å². The third kappa shape index (κ3) is 2.94. The average Bonchev–Trinajstić information content (AvgIpc) is 2.35. The highest BCUT2D eigenvalue weighted by atomic mass is 79.9. The minimum Gasteiger partial charge on any atom is -0.343 e. The fourth-order valence-corrected chi connectivity index (χ4v) is 3.78. The van der Waals surface area contributed by atoms with Gasteiger partial charge < -0.3 is 4.90 Å². The molecule has 8 heteroatoms. The lowest BCUT2D eigenvalue weighted by atomic mass is 10.4. The molecule has 0 N–H and O–H groups in total. The van der Waals surface area contributed by atoms with E-state index in [1.165, 1.54) is 27.4 Å². The first-order chi connectivity index (χ1) is 8.82. The Balaban J connectivity index is 2.32. The summed E-state index contributed by atoms with van der Waals surface area (Å²) < 4.78 is 26.5. The van der Waals surface area contributed by atoms with E-state index >= 15 is 0 Å². The number of likely N-dealkylation sites (N-methyl/N-ethyl adjacent to an activating group) is 1. The molecule has 0 unspecified atom stereocenters. The summed E-state index contributed by atoms with van der Waals surface area (Å²) in [5.74, 6) is -0.206. The molecule has 5 nitrogen and oxygen atoms in total. The van der Waals surface area contributed by atoms with Gasteiger partial charge in [0.25, 0.3) is 0 Å². The van der Waals surface area contributed by atoms with Crippen molar-refractivity contribution >= 4 is 43.5 Å². The first-order valence-electron chi connectivity index (χ1n) is 5.51. The average molecular weight is 368 g/mol. The van der Waals surface area contributed by atoms with Crippen LogP contribution in [-0.2, 0) is 14.8 Å². The van der Waals surface area contributed by atoms with Crippen LogP contribution in [-0.4, -0.2) is 50.2 Å². The number of amides is 1. The molecule has 104 valence electrons. The maximum Gasteiger partial charge on any atom is 0.243 e. The molecule has 0 spiro atoms. The lowest BCUT2D eigenvalue weighted by Gasteiger charge is -2.31. The Bertz CT molecular complexity index is 620. The number of sulfonamides is 1. The van der Waals surface area contributed by atoms with Crippen LogP contribution in [0.15, 0.2) is 27.6 Å². The standard InChI is InChI=1S/C11H12BrClN2O3S/c1-14-4-5-15(7-11(14)16)19(17,18)8-2-3-10(13)9(12)6-8/h2-3,6H,4-5,7H2,1H3. The number of hydrogen-bond donors (Lipinski definition) is 0. The number of piperazine rings is 1. The first kappa shape index (κ1) is 14.8. The van der Waals surface area contributed by atoms with Gasteiger partial charge in [0.1, 0.15) is 0 Å². The molecule has 19 heavy (non-hydrogen) atoms. The summed E-state index contributed by atoms with van der Waals surface area (Å²) in [4.78, 5) is 13.2. The van der Waals surface area contributed by atoms with Gasteiger partial charge in [-0.25, -0.2) is 8.42 Å². The SMILES string of the molecule is CN1CCN(S(=O)(=O)c2ccc(Cl)c(Br)c2)CC1=O. The maximum absolute atomic E-state index is 12.4. The van der Waals surface area contributed by atoms with E-state index in [2.05, 4.69) is 15.9 Å². The van der Waals surface area contributed by atoms with Gasteiger partial charge in [0.15, 0.2) is 0 Å². The smallest absolute Gasteiger partial charge is 0.243 e. The molecular weight excluding hydrogens is 356 g/mol. The van der Waals surface area contributed by atoms with Crippen molar-refractivity contribution in [2.75, 3.05) is 26.7 Å². The number of halogens is 2. The Labute approximate surface area is 125 Å². The van der Waals surface area contributed by atoms with E-state index in [4.69, 9.17) is 11.6 Å². The summed E-state index contributed by atoms with van der Waals surface area (Å²) in [6.07, 6.45) is 0. The Morgan fingerprint density at radius 2 is 2.00 bits per heavy atom. The van der Waals surface area contributed by atoms with Crippen LogP contribution in [0.25, 0.3) is 0 Å². The quantitative estimate of drug-likeness (QED) is 0.797. The van der Waals surface area contributed by atoms with Crippen molar-refractivity contribution < 1.29 is 13.2 Å². The summed E-state index contributed by atoms with van der Waals surface area (Å²) >= 11 is 9.04. The van der Waals surface area contributed by atoms with Gasteiger partial charge in [-0.05, 0) is 34.1 Å². The number of benzene rings is 1. The van der Waals surface area contributed by atoms with E-state index in [0.29, 0.717) is 22.6 Å². The molecule has 1 aliphatic rings. The predicted octanol–water partition coefficient (Wildman–Crippen LogP) is 1.57. The van der Waals surface area contributed by atoms with Gasteiger partial charge in [0.2, 0.25) is 15.9 Å². The van der Waals surface area contributed by atoms with Gasteiger partial charge in [-0.2, -0.15) is 4.31 Å². The Morgan fingerprint density at radius 1 is 1.32 bits per heavy atom. The summed E-state index contributed by atoms with van der Waals surface area (Å²) in [5, 5.41) is 0.438. The van der Waals surface area contributed by atoms with Crippen LogP contribution >= 0.6 is 27.5 Å². The zero-order valence-electron chi connectivity index (χ0n) is 10.1. The van der Waals surface area contributed by atoms with Gasteiger partial charge in [-0.1, -0.05) is 11.6 Å². The molecule has 1 aromatic carbocycles. The van der Waals surface area contributed by atoms with E-state index in [0.717, 1.165) is 0 Å². The van der Waals surface area contributed by atoms with Crippen LogP contribution in [0.1, 0.15) is 0 Å². The molecule has 1 aliphatic heterocycles. The van der Waals surface area contributed by atoms with Crippen LogP contribution in [0.4, 0.5) is 0 Å². The van der Waals surface area contributed by atoms with Crippen molar-refractivity contribution in [1.82, 2.24) is 9.21 Å². The van der Waals surface area contributed by atoms with E-state index in [1.54, 1.807) is 7.05 Å². The number of hydrogen-bond acceptors (Lipinski definition) is 3. The number of carbonyl (C=O) groups is 1. The molecule has 1 amide bonds. The fraction of sp³-hybridized carbons (Fsp3) is 0.364. The van der Waals surface area contributed by atoms with E-state index in [9.17, 15) is 13.2 Å². The summed E-state index contributed by atoms with van der Waals surface area (Å²) in [6, 6.07) is 4.39. The van der Waals surface area contributed by atoms with Gasteiger partial charge in [0, 0.05) is 24.6 Å². The maximum atomic E-state index is 12.4. The second-order valence-electron chi connectivity index (χ2n) is 4.23. The second kappa shape index (κ2) is 5.40. The molecule has 0 radical (unpaired) electrons. The van der Waals surface area contributed by atoms with Gasteiger partial charge in [-0.15, -0.1) is 0 Å². The number of nitrogens with zero attached hydrogens (tertiary/aromatic N) is 2. The third-order valence-corrected chi connectivity index (χ3v) is 6.01. The van der Waals surface area contributed by atoms with Gasteiger partial charge in [0.05, 0.1) is 16.5 Å². The predicted molar refractivity (Wildman–Crippen MR) is 75.5 cm³/mol. The molecule has 1 heterocycles. The van der Waals surface area contributed by atoms with Crippen LogP contribution in [0.5, 0.6) is 0 Å². The van der Waals surface area contributed by atoms with E-state index < -0.39 is 10.0 Å². The molecule has 0 aliphatic carbocycles. The van der Waals surface area contributed by atoms with Crippen LogP contribution in [0.3, 0.4) is 0 Å². The van der Waals surface area contributed by atoms with Crippen molar-refractivity contribution in [2.24, 2.45) is 0 Å². The first-order valence-corrected chi connectivity index (χ1v) is 8.12. The summed E-state index contributed by atoms with van der Waals surface area (Å²) in [5.41, 5.74) is 0. The number of carbonyl (C=O) groups excluding carboxylic acids is 1. The Kier molecular flexibility index (Phi) is 4.20. The molecule has 0 atom stereocenters. The Morgan fingerprint density at radius 3 is 2.58 bits per heavy atom. The molecule has 1 saturated heterocycles. The normalized spacial score (nSPS) is 17.8. The molecule has 0 aromatic heterocycles. The molecule has 1 fully saturated rings. The number of rotatable bonds is 2. The van der Waals surface area contributed by atoms with Crippen LogP contribution < -0.4 is 0 Å². The highest BCUT2D eigenvalue weighted by Gasteiger charge is 2.31.